The molecule has 152 valence electrons. The summed E-state index contributed by atoms with van der Waals surface area (Å²) < 4.78 is 7.50. The minimum atomic E-state index is -0.868. The lowest BCUT2D eigenvalue weighted by atomic mass is 9.89. The van der Waals surface area contributed by atoms with Gasteiger partial charge in [-0.05, 0) is 32.9 Å². The van der Waals surface area contributed by atoms with E-state index in [-0.39, 0.29) is 23.8 Å². The molecule has 0 saturated heterocycles. The second-order valence-corrected chi connectivity index (χ2v) is 7.00. The molecule has 9 heteroatoms. The van der Waals surface area contributed by atoms with Crippen molar-refractivity contribution in [2.45, 2.75) is 26.4 Å². The number of aromatic nitrogens is 1. The fraction of sp³-hybridized carbons (Fsp3) is 0.300. The number of amides is 2. The van der Waals surface area contributed by atoms with Crippen molar-refractivity contribution in [2.24, 2.45) is 0 Å². The number of pyridine rings is 1. The van der Waals surface area contributed by atoms with Crippen LogP contribution in [0.2, 0.25) is 0 Å². The number of carbonyl (C=O) groups is 1. The zero-order chi connectivity index (χ0) is 21.2. The third kappa shape index (κ3) is 3.98. The molecule has 2 aromatic rings. The van der Waals surface area contributed by atoms with Crippen LogP contribution in [0.1, 0.15) is 26.3 Å². The van der Waals surface area contributed by atoms with Crippen LogP contribution < -0.4 is 20.9 Å². The average molecular weight is 398 g/mol. The topological polar surface area (TPSA) is 116 Å². The number of nitrogens with zero attached hydrogens (tertiary/aromatic N) is 2. The van der Waals surface area contributed by atoms with Crippen molar-refractivity contribution in [1.82, 2.24) is 15.2 Å². The monoisotopic (exact) mass is 398 g/mol. The summed E-state index contributed by atoms with van der Waals surface area (Å²) in [4.78, 5) is 35.4. The van der Waals surface area contributed by atoms with E-state index in [2.05, 4.69) is 10.6 Å². The number of carbonyl (C=O) groups excluding carboxylic acids is 1. The van der Waals surface area contributed by atoms with Gasteiger partial charge in [-0.15, -0.1) is 0 Å². The summed E-state index contributed by atoms with van der Waals surface area (Å²) in [5, 5.41) is 16.7. The summed E-state index contributed by atoms with van der Waals surface area (Å²) >= 11 is 0. The van der Waals surface area contributed by atoms with Gasteiger partial charge in [-0.3, -0.25) is 19.5 Å². The van der Waals surface area contributed by atoms with Crippen molar-refractivity contribution in [2.75, 3.05) is 13.1 Å². The van der Waals surface area contributed by atoms with Crippen LogP contribution in [0.25, 0.3) is 5.70 Å². The van der Waals surface area contributed by atoms with Gasteiger partial charge in [0.05, 0.1) is 10.6 Å². The Morgan fingerprint density at radius 2 is 2.00 bits per heavy atom. The van der Waals surface area contributed by atoms with Crippen LogP contribution in [0.15, 0.2) is 53.0 Å². The molecule has 9 nitrogen and oxygen atoms in total. The molecule has 3 rings (SSSR count). The molecule has 0 unspecified atom stereocenters. The van der Waals surface area contributed by atoms with E-state index in [1.807, 2.05) is 13.8 Å². The molecule has 1 aliphatic rings. The van der Waals surface area contributed by atoms with Crippen LogP contribution in [0, 0.1) is 10.1 Å². The number of non-ortho nitro benzene ring substituents is 1. The molecule has 0 bridgehead atoms. The maximum atomic E-state index is 12.6. The fourth-order valence-corrected chi connectivity index (χ4v) is 3.27. The second-order valence-electron chi connectivity index (χ2n) is 7.00. The van der Waals surface area contributed by atoms with E-state index < -0.39 is 10.5 Å². The molecular weight excluding hydrogens is 376 g/mol. The summed E-state index contributed by atoms with van der Waals surface area (Å²) in [5.41, 5.74) is 0.206. The summed E-state index contributed by atoms with van der Waals surface area (Å²) in [5.74, 6) is 0.424. The fourth-order valence-electron chi connectivity index (χ4n) is 3.27. The van der Waals surface area contributed by atoms with Gasteiger partial charge in [0.15, 0.2) is 0 Å². The van der Waals surface area contributed by atoms with E-state index in [1.54, 1.807) is 25.3 Å². The Labute approximate surface area is 167 Å². The summed E-state index contributed by atoms with van der Waals surface area (Å²) in [6.45, 7) is 6.00. The first kappa shape index (κ1) is 20.1. The average Bonchev–Trinajstić information content (AvgIpc) is 2.66. The number of fused-ring (bicyclic) bond motifs is 1. The third-order valence-corrected chi connectivity index (χ3v) is 4.63. The molecular formula is C20H22N4O5. The molecule has 2 heterocycles. The molecule has 0 aliphatic carbocycles. The smallest absolute Gasteiger partial charge is 0.315 e. The number of hydrogen-bond acceptors (Lipinski definition) is 5. The highest BCUT2D eigenvalue weighted by Gasteiger charge is 2.37. The molecule has 1 aromatic carbocycles. The van der Waals surface area contributed by atoms with Crippen LogP contribution in [0.5, 0.6) is 5.75 Å². The Kier molecular flexibility index (Phi) is 5.40. The van der Waals surface area contributed by atoms with E-state index in [0.29, 0.717) is 29.1 Å². The minimum Gasteiger partial charge on any atom is -0.483 e. The van der Waals surface area contributed by atoms with Crippen LogP contribution in [-0.4, -0.2) is 34.2 Å². The molecule has 2 amide bonds. The van der Waals surface area contributed by atoms with E-state index in [9.17, 15) is 19.7 Å². The Morgan fingerprint density at radius 1 is 1.24 bits per heavy atom. The number of rotatable bonds is 5. The predicted octanol–water partition coefficient (Wildman–Crippen LogP) is 2.51. The zero-order valence-electron chi connectivity index (χ0n) is 16.4. The van der Waals surface area contributed by atoms with Gasteiger partial charge >= 0.3 is 6.03 Å². The Morgan fingerprint density at radius 3 is 2.66 bits per heavy atom. The molecule has 0 radical (unpaired) electrons. The van der Waals surface area contributed by atoms with Crippen LogP contribution in [0.4, 0.5) is 10.5 Å². The number of nitro benzene ring substituents is 1. The lowest BCUT2D eigenvalue weighted by molar-refractivity contribution is -0.384. The number of benzene rings is 1. The van der Waals surface area contributed by atoms with Gasteiger partial charge in [0.25, 0.3) is 11.2 Å². The Hall–Kier alpha value is -3.62. The van der Waals surface area contributed by atoms with Crippen molar-refractivity contribution in [1.29, 1.82) is 0 Å². The highest BCUT2D eigenvalue weighted by atomic mass is 16.6. The number of ether oxygens (including phenoxy) is 1. The highest BCUT2D eigenvalue weighted by molar-refractivity contribution is 5.80. The van der Waals surface area contributed by atoms with Gasteiger partial charge in [0.1, 0.15) is 11.4 Å². The normalized spacial score (nSPS) is 14.6. The Bertz CT molecular complexity index is 1050. The van der Waals surface area contributed by atoms with Crippen LogP contribution in [0.3, 0.4) is 0 Å². The van der Waals surface area contributed by atoms with E-state index >= 15 is 0 Å². The van der Waals surface area contributed by atoms with Gasteiger partial charge in [0.2, 0.25) is 0 Å². The first-order valence-corrected chi connectivity index (χ1v) is 9.16. The lowest BCUT2D eigenvalue weighted by Crippen LogP contribution is -2.44. The van der Waals surface area contributed by atoms with Crippen molar-refractivity contribution >= 4 is 17.4 Å². The van der Waals surface area contributed by atoms with Gasteiger partial charge in [0, 0.05) is 48.6 Å². The summed E-state index contributed by atoms with van der Waals surface area (Å²) in [7, 11) is 0. The number of urea groups is 1. The predicted molar refractivity (Wildman–Crippen MR) is 108 cm³/mol. The van der Waals surface area contributed by atoms with Gasteiger partial charge < -0.3 is 15.4 Å². The van der Waals surface area contributed by atoms with Gasteiger partial charge in [-0.2, -0.15) is 0 Å². The van der Waals surface area contributed by atoms with Crippen LogP contribution in [-0.2, 0) is 0 Å². The SMILES string of the molecule is CCNC(=O)NCC1=C(n2ccccc2=O)c2cc([N+](=O)[O-])ccc2OC1(C)C. The summed E-state index contributed by atoms with van der Waals surface area (Å²) in [6.07, 6.45) is 1.59. The van der Waals surface area contributed by atoms with Gasteiger partial charge in [-0.25, -0.2) is 4.79 Å². The van der Waals surface area contributed by atoms with Crippen molar-refractivity contribution < 1.29 is 14.5 Å². The zero-order valence-corrected chi connectivity index (χ0v) is 16.4. The standard InChI is InChI=1S/C20H22N4O5/c1-4-21-19(26)22-12-15-18(23-10-6-5-7-17(23)25)14-11-13(24(27)28)8-9-16(14)29-20(15,2)3/h5-11H,4,12H2,1-3H3,(H2,21,22,26). The molecule has 0 spiro atoms. The van der Waals surface area contributed by atoms with Gasteiger partial charge in [-0.1, -0.05) is 6.07 Å². The first-order valence-electron chi connectivity index (χ1n) is 9.16. The van der Waals surface area contributed by atoms with E-state index in [4.69, 9.17) is 4.74 Å². The van der Waals surface area contributed by atoms with E-state index in [0.717, 1.165) is 0 Å². The number of nitrogens with one attached hydrogen (secondary N) is 2. The molecule has 0 fully saturated rings. The lowest BCUT2D eigenvalue weighted by Gasteiger charge is -2.37. The van der Waals surface area contributed by atoms with Crippen molar-refractivity contribution in [3.63, 3.8) is 0 Å². The maximum Gasteiger partial charge on any atom is 0.315 e. The molecule has 1 aromatic heterocycles. The first-order chi connectivity index (χ1) is 13.7. The number of hydrogen-bond donors (Lipinski definition) is 2. The Balaban J connectivity index is 2.25. The third-order valence-electron chi connectivity index (χ3n) is 4.63. The minimum absolute atomic E-state index is 0.0949. The van der Waals surface area contributed by atoms with E-state index in [1.165, 1.54) is 28.8 Å². The summed E-state index contributed by atoms with van der Waals surface area (Å²) in [6, 6.07) is 8.62. The number of nitro groups is 1. The van der Waals surface area contributed by atoms with Crippen molar-refractivity contribution in [3.05, 3.63) is 74.2 Å². The maximum absolute atomic E-state index is 12.6. The molecule has 29 heavy (non-hydrogen) atoms. The quantitative estimate of drug-likeness (QED) is 0.593. The molecule has 0 atom stereocenters. The second kappa shape index (κ2) is 7.78. The van der Waals surface area contributed by atoms with Crippen LogP contribution >= 0.6 is 0 Å². The van der Waals surface area contributed by atoms with Crippen molar-refractivity contribution in [3.8, 4) is 5.75 Å². The molecule has 2 N–H and O–H groups in total. The molecule has 0 saturated carbocycles. The molecule has 1 aliphatic heterocycles. The highest BCUT2D eigenvalue weighted by Crippen LogP contribution is 2.42. The largest absolute Gasteiger partial charge is 0.483 e.